The van der Waals surface area contributed by atoms with E-state index in [9.17, 15) is 9.59 Å². The highest BCUT2D eigenvalue weighted by Crippen LogP contribution is 2.28. The van der Waals surface area contributed by atoms with Crippen molar-refractivity contribution in [1.82, 2.24) is 15.1 Å². The van der Waals surface area contributed by atoms with E-state index in [-0.39, 0.29) is 18.6 Å². The fourth-order valence-electron chi connectivity index (χ4n) is 3.98. The smallest absolute Gasteiger partial charge is 0.359 e. The summed E-state index contributed by atoms with van der Waals surface area (Å²) in [6, 6.07) is 15.7. The Balaban J connectivity index is 1.41. The fourth-order valence-corrected chi connectivity index (χ4v) is 3.98. The quantitative estimate of drug-likeness (QED) is 0.615. The van der Waals surface area contributed by atoms with E-state index in [0.717, 1.165) is 41.8 Å². The zero-order chi connectivity index (χ0) is 22.0. The molecule has 0 aliphatic heterocycles. The molecule has 1 aliphatic rings. The van der Waals surface area contributed by atoms with Crippen LogP contribution in [-0.4, -0.2) is 28.3 Å². The van der Waals surface area contributed by atoms with Gasteiger partial charge in [-0.15, -0.1) is 0 Å². The third-order valence-electron chi connectivity index (χ3n) is 5.87. The summed E-state index contributed by atoms with van der Waals surface area (Å²) in [5.41, 5.74) is 6.60. The molecule has 3 aromatic rings. The van der Waals surface area contributed by atoms with E-state index in [1.165, 1.54) is 11.1 Å². The van der Waals surface area contributed by atoms with Crippen LogP contribution in [0.1, 0.15) is 57.8 Å². The largest absolute Gasteiger partial charge is 0.451 e. The lowest BCUT2D eigenvalue weighted by Gasteiger charge is -2.15. The minimum Gasteiger partial charge on any atom is -0.451 e. The Morgan fingerprint density at radius 1 is 1.10 bits per heavy atom. The van der Waals surface area contributed by atoms with Gasteiger partial charge in [0.2, 0.25) is 0 Å². The number of nitrogens with one attached hydrogen (secondary N) is 1. The molecule has 6 nitrogen and oxygen atoms in total. The van der Waals surface area contributed by atoms with Crippen LogP contribution in [0, 0.1) is 13.8 Å². The molecular weight excluding hydrogens is 390 g/mol. The number of ether oxygens (including phenoxy) is 1. The van der Waals surface area contributed by atoms with Gasteiger partial charge in [-0.1, -0.05) is 36.4 Å². The lowest BCUT2D eigenvalue weighted by molar-refractivity contribution is -0.124. The van der Waals surface area contributed by atoms with Crippen LogP contribution in [0.2, 0.25) is 0 Å². The van der Waals surface area contributed by atoms with E-state index in [2.05, 4.69) is 23.4 Å². The number of carbonyl (C=O) groups is 2. The second kappa shape index (κ2) is 8.76. The minimum atomic E-state index is -0.554. The molecule has 1 unspecified atom stereocenters. The Kier molecular flexibility index (Phi) is 5.89. The summed E-state index contributed by atoms with van der Waals surface area (Å²) in [5, 5.41) is 7.41. The normalized spacial score (nSPS) is 13.5. The van der Waals surface area contributed by atoms with Gasteiger partial charge >= 0.3 is 5.97 Å². The molecule has 160 valence electrons. The number of nitrogens with zero attached hydrogens (tertiary/aromatic N) is 2. The Labute approximate surface area is 182 Å². The van der Waals surface area contributed by atoms with E-state index < -0.39 is 5.97 Å². The molecule has 1 N–H and O–H groups in total. The summed E-state index contributed by atoms with van der Waals surface area (Å²) >= 11 is 0. The van der Waals surface area contributed by atoms with Gasteiger partial charge in [-0.3, -0.25) is 4.79 Å². The van der Waals surface area contributed by atoms with E-state index in [0.29, 0.717) is 5.69 Å². The molecule has 2 aromatic carbocycles. The van der Waals surface area contributed by atoms with Crippen LogP contribution in [0.4, 0.5) is 0 Å². The first-order valence-corrected chi connectivity index (χ1v) is 10.6. The molecule has 1 atom stereocenters. The van der Waals surface area contributed by atoms with Gasteiger partial charge in [0.15, 0.2) is 12.3 Å². The highest BCUT2D eigenvalue weighted by atomic mass is 16.5. The lowest BCUT2D eigenvalue weighted by atomic mass is 10.0. The van der Waals surface area contributed by atoms with Gasteiger partial charge in [-0.05, 0) is 68.9 Å². The first-order valence-electron chi connectivity index (χ1n) is 10.6. The van der Waals surface area contributed by atoms with Gasteiger partial charge in [-0.2, -0.15) is 5.10 Å². The predicted octanol–water partition coefficient (Wildman–Crippen LogP) is 4.01. The van der Waals surface area contributed by atoms with Crippen LogP contribution < -0.4 is 5.32 Å². The summed E-state index contributed by atoms with van der Waals surface area (Å²) in [6.07, 6.45) is 2.65. The molecule has 0 spiro atoms. The maximum Gasteiger partial charge on any atom is 0.359 e. The molecule has 0 saturated heterocycles. The number of para-hydroxylation sites is 1. The molecule has 1 aliphatic carbocycles. The Bertz CT molecular complexity index is 1120. The van der Waals surface area contributed by atoms with Gasteiger partial charge in [0.05, 0.1) is 11.7 Å². The molecule has 1 amide bonds. The van der Waals surface area contributed by atoms with Crippen LogP contribution in [-0.2, 0) is 22.4 Å². The van der Waals surface area contributed by atoms with Crippen LogP contribution in [0.3, 0.4) is 0 Å². The number of hydrogen-bond acceptors (Lipinski definition) is 4. The van der Waals surface area contributed by atoms with E-state index in [4.69, 9.17) is 4.74 Å². The summed E-state index contributed by atoms with van der Waals surface area (Å²) in [5.74, 6) is -0.889. The number of amides is 1. The summed E-state index contributed by atoms with van der Waals surface area (Å²) in [6.45, 7) is 5.68. The molecule has 31 heavy (non-hydrogen) atoms. The average Bonchev–Trinajstić information content (AvgIpc) is 3.37. The van der Waals surface area contributed by atoms with Crippen molar-refractivity contribution in [2.75, 3.05) is 6.61 Å². The molecule has 1 aromatic heterocycles. The molecule has 6 heteroatoms. The van der Waals surface area contributed by atoms with Crippen LogP contribution in [0.15, 0.2) is 48.5 Å². The number of esters is 1. The Morgan fingerprint density at radius 2 is 1.87 bits per heavy atom. The third-order valence-corrected chi connectivity index (χ3v) is 5.87. The van der Waals surface area contributed by atoms with Gasteiger partial charge in [0, 0.05) is 11.3 Å². The SMILES string of the molecule is Cc1ccc(C(C)NC(=O)COC(=O)c2nn(-c3ccccc3)c3c2CCC3)cc1C. The number of rotatable bonds is 6. The standard InChI is InChI=1S/C25H27N3O3/c1-16-12-13-19(14-17(16)2)18(3)26-23(29)15-31-25(30)24-21-10-7-11-22(21)28(27-24)20-8-5-4-6-9-20/h4-6,8-9,12-14,18H,7,10-11,15H2,1-3H3,(H,26,29). The molecule has 0 saturated carbocycles. The number of hydrogen-bond donors (Lipinski definition) is 1. The second-order valence-corrected chi connectivity index (χ2v) is 8.08. The van der Waals surface area contributed by atoms with Crippen molar-refractivity contribution >= 4 is 11.9 Å². The van der Waals surface area contributed by atoms with E-state index in [1.54, 1.807) is 0 Å². The summed E-state index contributed by atoms with van der Waals surface area (Å²) in [4.78, 5) is 25.1. The number of aryl methyl sites for hydroxylation is 2. The Hall–Kier alpha value is -3.41. The maximum atomic E-state index is 12.7. The molecule has 0 radical (unpaired) electrons. The highest BCUT2D eigenvalue weighted by Gasteiger charge is 2.28. The molecule has 1 heterocycles. The maximum absolute atomic E-state index is 12.7. The van der Waals surface area contributed by atoms with Gasteiger partial charge in [0.25, 0.3) is 5.91 Å². The van der Waals surface area contributed by atoms with Gasteiger partial charge in [-0.25, -0.2) is 9.48 Å². The van der Waals surface area contributed by atoms with Crippen molar-refractivity contribution in [3.05, 3.63) is 82.2 Å². The molecule has 0 bridgehead atoms. The molecule has 0 fully saturated rings. The fraction of sp³-hybridized carbons (Fsp3) is 0.320. The predicted molar refractivity (Wildman–Crippen MR) is 118 cm³/mol. The van der Waals surface area contributed by atoms with E-state index in [1.807, 2.05) is 61.0 Å². The molecular formula is C25H27N3O3. The topological polar surface area (TPSA) is 73.2 Å². The van der Waals surface area contributed by atoms with Gasteiger partial charge in [0.1, 0.15) is 0 Å². The van der Waals surface area contributed by atoms with Crippen LogP contribution in [0.5, 0.6) is 0 Å². The monoisotopic (exact) mass is 417 g/mol. The van der Waals surface area contributed by atoms with Crippen molar-refractivity contribution in [2.45, 2.75) is 46.1 Å². The second-order valence-electron chi connectivity index (χ2n) is 8.08. The number of benzene rings is 2. The van der Waals surface area contributed by atoms with Crippen molar-refractivity contribution in [2.24, 2.45) is 0 Å². The van der Waals surface area contributed by atoms with Crippen molar-refractivity contribution < 1.29 is 14.3 Å². The van der Waals surface area contributed by atoms with Crippen molar-refractivity contribution in [3.63, 3.8) is 0 Å². The van der Waals surface area contributed by atoms with E-state index >= 15 is 0 Å². The highest BCUT2D eigenvalue weighted by molar-refractivity contribution is 5.91. The Morgan fingerprint density at radius 3 is 2.61 bits per heavy atom. The average molecular weight is 418 g/mol. The zero-order valence-electron chi connectivity index (χ0n) is 18.1. The first kappa shape index (κ1) is 20.8. The zero-order valence-corrected chi connectivity index (χ0v) is 18.1. The summed E-state index contributed by atoms with van der Waals surface area (Å²) < 4.78 is 7.14. The number of aromatic nitrogens is 2. The van der Waals surface area contributed by atoms with Crippen molar-refractivity contribution in [3.8, 4) is 5.69 Å². The number of fused-ring (bicyclic) bond motifs is 1. The molecule has 4 rings (SSSR count). The van der Waals surface area contributed by atoms with Crippen LogP contribution in [0.25, 0.3) is 5.69 Å². The van der Waals surface area contributed by atoms with Crippen molar-refractivity contribution in [1.29, 1.82) is 0 Å². The number of carbonyl (C=O) groups excluding carboxylic acids is 2. The first-order chi connectivity index (χ1) is 14.9. The van der Waals surface area contributed by atoms with Gasteiger partial charge < -0.3 is 10.1 Å². The minimum absolute atomic E-state index is 0.174. The third kappa shape index (κ3) is 4.38. The lowest BCUT2D eigenvalue weighted by Crippen LogP contribution is -2.31. The summed E-state index contributed by atoms with van der Waals surface area (Å²) in [7, 11) is 0. The van der Waals surface area contributed by atoms with Crippen LogP contribution >= 0.6 is 0 Å².